The Kier molecular flexibility index (Phi) is 24.3. The van der Waals surface area contributed by atoms with Gasteiger partial charge in [0.25, 0.3) is 0 Å². The first-order chi connectivity index (χ1) is 55.5. The van der Waals surface area contributed by atoms with Gasteiger partial charge in [-0.25, -0.2) is 86.2 Å². The summed E-state index contributed by atoms with van der Waals surface area (Å²) in [4.78, 5) is 66.4. The molecular weight excluding hydrogens is 1540 g/mol. The lowest BCUT2D eigenvalue weighted by Gasteiger charge is -2.34. The van der Waals surface area contributed by atoms with Crippen molar-refractivity contribution in [2.45, 2.75) is 139 Å². The van der Waals surface area contributed by atoms with Crippen LogP contribution in [0.1, 0.15) is 130 Å². The van der Waals surface area contributed by atoms with Gasteiger partial charge in [0.1, 0.15) is 67.3 Å². The number of nitrogens with zero attached hydrogens (tertiary/aromatic N) is 21. The van der Waals surface area contributed by atoms with Crippen molar-refractivity contribution in [3.63, 3.8) is 0 Å². The number of rotatable bonds is 16. The Morgan fingerprint density at radius 2 is 0.696 bits per heavy atom. The molecule has 24 nitrogen and oxygen atoms in total. The number of halogens is 7. The number of anilines is 5. The quantitative estimate of drug-likeness (QED) is 0.0602. The van der Waals surface area contributed by atoms with Gasteiger partial charge in [-0.1, -0.05) is 39.0 Å². The Morgan fingerprint density at radius 1 is 0.383 bits per heavy atom. The number of likely N-dealkylation sites (N-methyl/N-ethyl adjacent to an activating group) is 3. The fourth-order valence-corrected chi connectivity index (χ4v) is 16.8. The molecule has 0 spiro atoms. The molecule has 3 atom stereocenters. The highest BCUT2D eigenvalue weighted by Gasteiger charge is 2.30. The summed E-state index contributed by atoms with van der Waals surface area (Å²) < 4.78 is 95.1. The van der Waals surface area contributed by atoms with Crippen LogP contribution in [0.4, 0.5) is 55.8 Å². The minimum atomic E-state index is -0.637. The average Bonchev–Trinajstić information content (AvgIpc) is 1.61. The minimum Gasteiger partial charge on any atom is -0.368 e. The molecular formula is C84H97BrF6N24. The van der Waals surface area contributed by atoms with Gasteiger partial charge in [0.15, 0.2) is 34.9 Å². The SMILES string of the molecule is CC1CCc2nc3c(F)cc(-c4nc(N)ncc4F)cc3n21.CCN1CCN(Cc2ccc(Br)nc2C)CC1.CCN1CCN(Cc2ccc(Nc3ncc(F)c(-c4cc(F)c5nc6n(c5c4)C(C)CC6)n3)nc2C)CC1.CCN1CCN(Cc2ccc(Nc3ncc(F)c(-c4cc(F)c5nc6n(c5c4)C(C)CC6)n3)nc2C)CC1. The Bertz CT molecular complexity index is 5310. The summed E-state index contributed by atoms with van der Waals surface area (Å²) in [6.45, 7) is 38.3. The highest BCUT2D eigenvalue weighted by atomic mass is 79.9. The van der Waals surface area contributed by atoms with E-state index in [1.54, 1.807) is 18.2 Å². The fraction of sp³-hybridized carbons (Fsp3) is 0.429. The van der Waals surface area contributed by atoms with Crippen molar-refractivity contribution in [3.05, 3.63) is 182 Å². The van der Waals surface area contributed by atoms with Gasteiger partial charge in [0, 0.05) is 169 Å². The molecule has 0 radical (unpaired) electrons. The number of imidazole rings is 3. The second-order valence-electron chi connectivity index (χ2n) is 30.7. The Morgan fingerprint density at radius 3 is 1.03 bits per heavy atom. The number of piperazine rings is 3. The summed E-state index contributed by atoms with van der Waals surface area (Å²) in [5, 5.41) is 6.18. The zero-order valence-electron chi connectivity index (χ0n) is 66.5. The number of nitrogens with two attached hydrogens (primary N) is 1. The van der Waals surface area contributed by atoms with Crippen LogP contribution in [0.25, 0.3) is 66.9 Å². The van der Waals surface area contributed by atoms with E-state index in [2.05, 4.69) is 172 Å². The topological polar surface area (TPSA) is 239 Å². The number of nitrogens with one attached hydrogen (secondary N) is 2. The van der Waals surface area contributed by atoms with Gasteiger partial charge in [-0.15, -0.1) is 0 Å². The lowest BCUT2D eigenvalue weighted by atomic mass is 10.1. The highest BCUT2D eigenvalue weighted by Crippen LogP contribution is 2.39. The van der Waals surface area contributed by atoms with Crippen LogP contribution >= 0.6 is 15.9 Å². The van der Waals surface area contributed by atoms with E-state index in [1.165, 1.54) is 67.6 Å². The Balaban J connectivity index is 0.000000127. The molecule has 9 aromatic heterocycles. The van der Waals surface area contributed by atoms with Crippen molar-refractivity contribution in [1.82, 2.24) is 103 Å². The molecule has 31 heteroatoms. The van der Waals surface area contributed by atoms with Crippen molar-refractivity contribution in [2.75, 3.05) is 115 Å². The number of hydrogen-bond acceptors (Lipinski definition) is 21. The molecule has 3 unspecified atom stereocenters. The molecule has 602 valence electrons. The zero-order valence-corrected chi connectivity index (χ0v) is 68.1. The summed E-state index contributed by atoms with van der Waals surface area (Å²) >= 11 is 3.41. The van der Waals surface area contributed by atoms with E-state index >= 15 is 8.78 Å². The molecule has 0 aliphatic carbocycles. The molecule has 3 aromatic carbocycles. The maximum atomic E-state index is 15.0. The fourth-order valence-electron chi connectivity index (χ4n) is 16.4. The van der Waals surface area contributed by atoms with Crippen LogP contribution in [0.5, 0.6) is 0 Å². The molecule has 0 amide bonds. The van der Waals surface area contributed by atoms with Crippen molar-refractivity contribution in [2.24, 2.45) is 0 Å². The maximum Gasteiger partial charge on any atom is 0.229 e. The second kappa shape index (κ2) is 34.8. The molecule has 18 rings (SSSR count). The number of nitrogen functional groups attached to an aromatic ring is 1. The monoisotopic (exact) mass is 1630 g/mol. The average molecular weight is 1640 g/mol. The molecule has 115 heavy (non-hydrogen) atoms. The molecule has 12 aromatic rings. The van der Waals surface area contributed by atoms with Crippen molar-refractivity contribution >= 4 is 78.5 Å². The van der Waals surface area contributed by atoms with Gasteiger partial charge in [0.05, 0.1) is 35.1 Å². The maximum absolute atomic E-state index is 15.0. The van der Waals surface area contributed by atoms with Crippen LogP contribution in [-0.4, -0.2) is 201 Å². The largest absolute Gasteiger partial charge is 0.368 e. The van der Waals surface area contributed by atoms with E-state index < -0.39 is 34.9 Å². The minimum absolute atomic E-state index is 0.00509. The third kappa shape index (κ3) is 17.7. The highest BCUT2D eigenvalue weighted by molar-refractivity contribution is 9.10. The number of fused-ring (bicyclic) bond motifs is 9. The van der Waals surface area contributed by atoms with Crippen LogP contribution in [0.2, 0.25) is 0 Å². The van der Waals surface area contributed by atoms with E-state index in [-0.39, 0.29) is 53.1 Å². The number of benzene rings is 3. The van der Waals surface area contributed by atoms with Gasteiger partial charge in [-0.05, 0) is 168 Å². The van der Waals surface area contributed by atoms with E-state index in [0.717, 1.165) is 181 Å². The van der Waals surface area contributed by atoms with Gasteiger partial charge >= 0.3 is 0 Å². The third-order valence-corrected chi connectivity index (χ3v) is 23.6. The smallest absolute Gasteiger partial charge is 0.229 e. The van der Waals surface area contributed by atoms with Gasteiger partial charge in [0.2, 0.25) is 17.8 Å². The summed E-state index contributed by atoms with van der Waals surface area (Å²) in [5.41, 5.74) is 16.2. The number of hydrogen-bond donors (Lipinski definition) is 3. The first kappa shape index (κ1) is 80.2. The normalized spacial score (nSPS) is 18.1. The standard InChI is InChI=1S/2C28H32F2N8.C15H13F2N5.C13H20BrN3/c2*1-4-36-9-11-37(12-10-36)16-19-6-7-24(32-18(19)3)33-28-31-15-22(30)26(35-28)20-13-21(29)27-23(14-20)38-17(2)5-8-25(38)34-27;1-7-2-3-12-20-14-9(16)4-8(5-11(14)22(7)12)13-10(17)6-19-15(18)21-13;1-3-16-6-8-17(9-7-16)10-12-4-5-13(14)15-11(12)2/h2*6-7,13-15,17H,4-5,8-12,16H2,1-3H3,(H,31,32,33,35);4-7H,2-3H2,1H3,(H2,18,19,21);4-5H,3,6-10H2,1-2H3. The molecule has 0 bridgehead atoms. The molecule has 0 saturated carbocycles. The summed E-state index contributed by atoms with van der Waals surface area (Å²) in [6.07, 6.45) is 8.52. The van der Waals surface area contributed by atoms with E-state index in [9.17, 15) is 17.6 Å². The lowest BCUT2D eigenvalue weighted by molar-refractivity contribution is 0.131. The molecule has 3 fully saturated rings. The van der Waals surface area contributed by atoms with Crippen LogP contribution in [0, 0.1) is 55.7 Å². The number of aryl methyl sites for hydroxylation is 6. The van der Waals surface area contributed by atoms with Crippen LogP contribution < -0.4 is 16.4 Å². The van der Waals surface area contributed by atoms with Crippen molar-refractivity contribution in [1.29, 1.82) is 0 Å². The van der Waals surface area contributed by atoms with E-state index in [1.807, 2.05) is 45.7 Å². The molecule has 15 heterocycles. The Labute approximate surface area is 673 Å². The van der Waals surface area contributed by atoms with Gasteiger partial charge in [-0.3, -0.25) is 14.7 Å². The molecule has 4 N–H and O–H groups in total. The third-order valence-electron chi connectivity index (χ3n) is 23.2. The molecule has 6 aliphatic heterocycles. The van der Waals surface area contributed by atoms with Gasteiger partial charge in [-0.2, -0.15) is 0 Å². The van der Waals surface area contributed by atoms with Crippen LogP contribution in [0.3, 0.4) is 0 Å². The second-order valence-corrected chi connectivity index (χ2v) is 31.5. The van der Waals surface area contributed by atoms with Crippen LogP contribution in [0.15, 0.2) is 96.0 Å². The predicted molar refractivity (Wildman–Crippen MR) is 439 cm³/mol. The molecule has 3 saturated heterocycles. The van der Waals surface area contributed by atoms with Crippen molar-refractivity contribution in [3.8, 4) is 33.8 Å². The predicted octanol–water partition coefficient (Wildman–Crippen LogP) is 14.9. The molecule has 6 aliphatic rings. The van der Waals surface area contributed by atoms with E-state index in [4.69, 9.17) is 15.7 Å². The van der Waals surface area contributed by atoms with Crippen LogP contribution in [-0.2, 0) is 38.9 Å². The van der Waals surface area contributed by atoms with E-state index in [0.29, 0.717) is 61.4 Å². The number of pyridine rings is 3. The van der Waals surface area contributed by atoms with Crippen molar-refractivity contribution < 1.29 is 26.3 Å². The van der Waals surface area contributed by atoms with Gasteiger partial charge < -0.3 is 44.8 Å². The first-order valence-corrected chi connectivity index (χ1v) is 40.7. The first-order valence-electron chi connectivity index (χ1n) is 39.9. The zero-order chi connectivity index (χ0) is 80.5. The summed E-state index contributed by atoms with van der Waals surface area (Å²) in [5.74, 6) is 0.749. The summed E-state index contributed by atoms with van der Waals surface area (Å²) in [7, 11) is 0. The Hall–Kier alpha value is -10.0. The lowest BCUT2D eigenvalue weighted by Crippen LogP contribution is -2.45. The summed E-state index contributed by atoms with van der Waals surface area (Å²) in [6, 6.07) is 21.9. The number of aromatic nitrogens is 15.